The molecule has 192 valence electrons. The Kier molecular flexibility index (Phi) is 9.77. The molecular formula is C34H34N2O2. The molecule has 0 aromatic heterocycles. The van der Waals surface area contributed by atoms with Crippen LogP contribution in [-0.4, -0.2) is 22.6 Å². The van der Waals surface area contributed by atoms with Crippen LogP contribution in [0.25, 0.3) is 0 Å². The van der Waals surface area contributed by atoms with E-state index in [0.29, 0.717) is 31.6 Å². The van der Waals surface area contributed by atoms with Gasteiger partial charge in [-0.05, 0) is 28.7 Å². The molecule has 0 bridgehead atoms. The second-order valence-electron chi connectivity index (χ2n) is 9.50. The lowest BCUT2D eigenvalue weighted by Gasteiger charge is -2.31. The zero-order chi connectivity index (χ0) is 26.6. The lowest BCUT2D eigenvalue weighted by molar-refractivity contribution is -0.120. The first-order valence-corrected chi connectivity index (χ1v) is 13.0. The van der Waals surface area contributed by atoms with Crippen molar-refractivity contribution >= 4 is 11.7 Å². The van der Waals surface area contributed by atoms with Crippen molar-refractivity contribution in [3.63, 3.8) is 0 Å². The summed E-state index contributed by atoms with van der Waals surface area (Å²) in [5.41, 5.74) is 5.01. The summed E-state index contributed by atoms with van der Waals surface area (Å²) in [5.74, 6) is -0.217. The van der Waals surface area contributed by atoms with E-state index in [1.807, 2.05) is 84.9 Å². The van der Waals surface area contributed by atoms with E-state index >= 15 is 0 Å². The van der Waals surface area contributed by atoms with Gasteiger partial charge in [-0.1, -0.05) is 121 Å². The van der Waals surface area contributed by atoms with Crippen molar-refractivity contribution in [2.45, 2.75) is 38.9 Å². The van der Waals surface area contributed by atoms with Gasteiger partial charge in [0, 0.05) is 38.2 Å². The lowest BCUT2D eigenvalue weighted by atomic mass is 9.97. The van der Waals surface area contributed by atoms with Crippen LogP contribution in [0, 0.1) is 0 Å². The Morgan fingerprint density at radius 1 is 0.658 bits per heavy atom. The van der Waals surface area contributed by atoms with E-state index in [4.69, 9.17) is 0 Å². The van der Waals surface area contributed by atoms with Crippen molar-refractivity contribution in [2.75, 3.05) is 0 Å². The Balaban J connectivity index is 1.70. The maximum absolute atomic E-state index is 14.1. The average Bonchev–Trinajstić information content (AvgIpc) is 2.93. The molecule has 0 aliphatic carbocycles. The molecule has 0 aliphatic rings. The van der Waals surface area contributed by atoms with E-state index in [9.17, 15) is 9.59 Å². The smallest absolute Gasteiger partial charge is 0.221 e. The van der Waals surface area contributed by atoms with E-state index in [0.717, 1.165) is 22.3 Å². The number of nitrogens with zero attached hydrogens (tertiary/aromatic N) is 1. The molecule has 0 saturated carbocycles. The van der Waals surface area contributed by atoms with E-state index in [1.54, 1.807) is 6.08 Å². The summed E-state index contributed by atoms with van der Waals surface area (Å²) in [4.78, 5) is 28.4. The monoisotopic (exact) mass is 502 g/mol. The normalized spacial score (nSPS) is 12.2. The van der Waals surface area contributed by atoms with Crippen molar-refractivity contribution in [1.82, 2.24) is 10.2 Å². The Hall–Kier alpha value is -4.28. The molecule has 0 unspecified atom stereocenters. The van der Waals surface area contributed by atoms with Crippen molar-refractivity contribution < 1.29 is 9.59 Å². The summed E-state index contributed by atoms with van der Waals surface area (Å²) >= 11 is 0. The fourth-order valence-electron chi connectivity index (χ4n) is 4.60. The SMILES string of the molecule is CC(=O)N/C(=C\C(=O)[C@H](Cc1ccccc1)N(Cc1ccccc1)Cc1ccccc1)Cc1ccccc1. The molecule has 0 fully saturated rings. The molecule has 0 aliphatic heterocycles. The molecule has 0 heterocycles. The highest BCUT2D eigenvalue weighted by atomic mass is 16.1. The quantitative estimate of drug-likeness (QED) is 0.237. The molecule has 1 N–H and O–H groups in total. The van der Waals surface area contributed by atoms with Crippen LogP contribution in [0.1, 0.15) is 29.2 Å². The number of benzene rings is 4. The molecule has 4 nitrogen and oxygen atoms in total. The van der Waals surface area contributed by atoms with Gasteiger partial charge in [-0.3, -0.25) is 14.5 Å². The van der Waals surface area contributed by atoms with Crippen LogP contribution in [0.15, 0.2) is 133 Å². The first-order valence-electron chi connectivity index (χ1n) is 13.0. The van der Waals surface area contributed by atoms with Crippen molar-refractivity contribution in [3.8, 4) is 0 Å². The number of carbonyl (C=O) groups excluding carboxylic acids is 2. The average molecular weight is 503 g/mol. The first-order chi connectivity index (χ1) is 18.6. The van der Waals surface area contributed by atoms with Gasteiger partial charge in [-0.15, -0.1) is 0 Å². The Morgan fingerprint density at radius 3 is 1.53 bits per heavy atom. The summed E-state index contributed by atoms with van der Waals surface area (Å²) in [6.45, 7) is 2.73. The van der Waals surface area contributed by atoms with Crippen LogP contribution in [0.4, 0.5) is 0 Å². The molecule has 0 saturated heterocycles. The zero-order valence-corrected chi connectivity index (χ0v) is 21.8. The highest BCUT2D eigenvalue weighted by Crippen LogP contribution is 2.19. The lowest BCUT2D eigenvalue weighted by Crippen LogP contribution is -2.42. The molecule has 4 aromatic carbocycles. The van der Waals surface area contributed by atoms with Gasteiger partial charge in [-0.25, -0.2) is 0 Å². The topological polar surface area (TPSA) is 49.4 Å². The number of hydrogen-bond donors (Lipinski definition) is 1. The molecule has 0 radical (unpaired) electrons. The molecule has 1 atom stereocenters. The standard InChI is InChI=1S/C34H34N2O2/c1-27(37)35-32(22-28-14-6-2-7-15-28)24-34(38)33(23-29-16-8-3-9-17-29)36(25-30-18-10-4-11-19-30)26-31-20-12-5-13-21-31/h2-21,24,33H,22-23,25-26H2,1H3,(H,35,37)/b32-24-/t33-/m0/s1. The van der Waals surface area contributed by atoms with Gasteiger partial charge in [0.2, 0.25) is 5.91 Å². The summed E-state index contributed by atoms with van der Waals surface area (Å²) in [6, 6.07) is 40.1. The molecular weight excluding hydrogens is 468 g/mol. The summed E-state index contributed by atoms with van der Waals surface area (Å²) in [7, 11) is 0. The number of amides is 1. The van der Waals surface area contributed by atoms with Crippen LogP contribution in [0.3, 0.4) is 0 Å². The second kappa shape index (κ2) is 13.9. The highest BCUT2D eigenvalue weighted by Gasteiger charge is 2.26. The number of carbonyl (C=O) groups is 2. The van der Waals surface area contributed by atoms with E-state index < -0.39 is 6.04 Å². The fourth-order valence-corrected chi connectivity index (χ4v) is 4.60. The van der Waals surface area contributed by atoms with Crippen molar-refractivity contribution in [3.05, 3.63) is 155 Å². The fraction of sp³-hybridized carbons (Fsp3) is 0.176. The predicted molar refractivity (Wildman–Crippen MR) is 153 cm³/mol. The number of allylic oxidation sites excluding steroid dienone is 1. The summed E-state index contributed by atoms with van der Waals surface area (Å²) < 4.78 is 0. The number of nitrogens with one attached hydrogen (secondary N) is 1. The van der Waals surface area contributed by atoms with Gasteiger partial charge >= 0.3 is 0 Å². The minimum absolute atomic E-state index is 0.0274. The van der Waals surface area contributed by atoms with Gasteiger partial charge in [0.25, 0.3) is 0 Å². The minimum atomic E-state index is -0.419. The van der Waals surface area contributed by atoms with Crippen molar-refractivity contribution in [2.24, 2.45) is 0 Å². The third-order valence-electron chi connectivity index (χ3n) is 6.39. The second-order valence-corrected chi connectivity index (χ2v) is 9.50. The van der Waals surface area contributed by atoms with Crippen LogP contribution >= 0.6 is 0 Å². The maximum Gasteiger partial charge on any atom is 0.221 e. The van der Waals surface area contributed by atoms with Gasteiger partial charge < -0.3 is 5.32 Å². The number of ketones is 1. The number of rotatable bonds is 12. The number of hydrogen-bond acceptors (Lipinski definition) is 3. The Labute approximate surface area is 225 Å². The van der Waals surface area contributed by atoms with Crippen LogP contribution in [-0.2, 0) is 35.5 Å². The van der Waals surface area contributed by atoms with Gasteiger partial charge in [0.05, 0.1) is 6.04 Å². The summed E-state index contributed by atoms with van der Waals surface area (Å²) in [5, 5.41) is 2.90. The minimum Gasteiger partial charge on any atom is -0.330 e. The predicted octanol–water partition coefficient (Wildman–Crippen LogP) is 6.13. The summed E-state index contributed by atoms with van der Waals surface area (Å²) in [6.07, 6.45) is 2.67. The Bertz CT molecular complexity index is 1280. The molecule has 4 rings (SSSR count). The van der Waals surface area contributed by atoms with Gasteiger partial charge in [-0.2, -0.15) is 0 Å². The largest absolute Gasteiger partial charge is 0.330 e. The highest BCUT2D eigenvalue weighted by molar-refractivity contribution is 5.95. The van der Waals surface area contributed by atoms with Crippen molar-refractivity contribution in [1.29, 1.82) is 0 Å². The van der Waals surface area contributed by atoms with Crippen LogP contribution in [0.5, 0.6) is 0 Å². The van der Waals surface area contributed by atoms with Gasteiger partial charge in [0.15, 0.2) is 5.78 Å². The van der Waals surface area contributed by atoms with E-state index in [2.05, 4.69) is 46.6 Å². The molecule has 0 spiro atoms. The molecule has 38 heavy (non-hydrogen) atoms. The third-order valence-corrected chi connectivity index (χ3v) is 6.39. The maximum atomic E-state index is 14.1. The van der Waals surface area contributed by atoms with Crippen LogP contribution in [0.2, 0.25) is 0 Å². The van der Waals surface area contributed by atoms with Crippen LogP contribution < -0.4 is 5.32 Å². The molecule has 4 heteroatoms. The molecule has 4 aromatic rings. The van der Waals surface area contributed by atoms with E-state index in [1.165, 1.54) is 6.92 Å². The Morgan fingerprint density at radius 2 is 1.08 bits per heavy atom. The zero-order valence-electron chi connectivity index (χ0n) is 21.8. The first kappa shape index (κ1) is 26.8. The third kappa shape index (κ3) is 8.39. The molecule has 1 amide bonds. The van der Waals surface area contributed by atoms with Gasteiger partial charge in [0.1, 0.15) is 0 Å². The van der Waals surface area contributed by atoms with E-state index in [-0.39, 0.29) is 11.7 Å².